The third-order valence-electron chi connectivity index (χ3n) is 6.40. The summed E-state index contributed by atoms with van der Waals surface area (Å²) >= 11 is 0. The molecule has 4 N–H and O–H groups in total. The lowest BCUT2D eigenvalue weighted by Crippen LogP contribution is -2.16. The third-order valence-corrected chi connectivity index (χ3v) is 6.40. The van der Waals surface area contributed by atoms with E-state index in [4.69, 9.17) is 10.5 Å². The predicted molar refractivity (Wildman–Crippen MR) is 138 cm³/mol. The number of pyridine rings is 1. The first-order chi connectivity index (χ1) is 17.8. The number of nitrogens with one attached hydrogen (secondary N) is 2. The summed E-state index contributed by atoms with van der Waals surface area (Å²) in [6, 6.07) is 12.1. The molecule has 0 fully saturated rings. The van der Waals surface area contributed by atoms with Crippen LogP contribution < -0.4 is 21.1 Å². The highest BCUT2D eigenvalue weighted by atomic mass is 19.1. The maximum Gasteiger partial charge on any atom is 0.257 e. The van der Waals surface area contributed by atoms with E-state index < -0.39 is 17.6 Å². The zero-order valence-corrected chi connectivity index (χ0v) is 20.6. The molecular formula is C27H25FN6O3. The Labute approximate surface area is 212 Å². The molecule has 2 aromatic heterocycles. The first-order valence-electron chi connectivity index (χ1n) is 11.6. The number of carbonyl (C=O) groups excluding carboxylic acids is 2. The lowest BCUT2D eigenvalue weighted by molar-refractivity contribution is 0.0998. The summed E-state index contributed by atoms with van der Waals surface area (Å²) < 4.78 is 22.5. The second-order valence-electron chi connectivity index (χ2n) is 8.83. The number of hydrogen-bond donors (Lipinski definition) is 3. The van der Waals surface area contributed by atoms with Gasteiger partial charge < -0.3 is 21.1 Å². The van der Waals surface area contributed by atoms with Crippen LogP contribution in [0.2, 0.25) is 0 Å². The van der Waals surface area contributed by atoms with Crippen molar-refractivity contribution in [2.24, 2.45) is 5.73 Å². The minimum absolute atomic E-state index is 0.0776. The Morgan fingerprint density at radius 1 is 1.16 bits per heavy atom. The smallest absolute Gasteiger partial charge is 0.257 e. The van der Waals surface area contributed by atoms with Gasteiger partial charge in [0.2, 0.25) is 0 Å². The van der Waals surface area contributed by atoms with Gasteiger partial charge in [-0.1, -0.05) is 17.7 Å². The molecule has 10 heteroatoms. The molecule has 3 heterocycles. The van der Waals surface area contributed by atoms with Crippen molar-refractivity contribution in [3.8, 4) is 17.0 Å². The number of carbonyl (C=O) groups is 2. The number of benzene rings is 2. The van der Waals surface area contributed by atoms with Crippen molar-refractivity contribution < 1.29 is 18.7 Å². The van der Waals surface area contributed by atoms with E-state index in [9.17, 15) is 9.59 Å². The molecule has 4 aromatic rings. The van der Waals surface area contributed by atoms with Crippen molar-refractivity contribution in [1.29, 1.82) is 0 Å². The van der Waals surface area contributed by atoms with Crippen LogP contribution in [-0.4, -0.2) is 33.7 Å². The van der Waals surface area contributed by atoms with Crippen LogP contribution in [0.4, 0.5) is 21.7 Å². The fourth-order valence-electron chi connectivity index (χ4n) is 4.48. The number of rotatable bonds is 5. The van der Waals surface area contributed by atoms with Gasteiger partial charge in [-0.3, -0.25) is 9.59 Å². The van der Waals surface area contributed by atoms with Gasteiger partial charge in [-0.2, -0.15) is 5.10 Å². The van der Waals surface area contributed by atoms with Crippen molar-refractivity contribution in [3.63, 3.8) is 0 Å². The summed E-state index contributed by atoms with van der Waals surface area (Å²) in [6.45, 7) is 3.99. The van der Waals surface area contributed by atoms with Crippen molar-refractivity contribution in [1.82, 2.24) is 14.8 Å². The van der Waals surface area contributed by atoms with E-state index in [1.165, 1.54) is 32.4 Å². The molecule has 0 atom stereocenters. The minimum Gasteiger partial charge on any atom is -0.497 e. The summed E-state index contributed by atoms with van der Waals surface area (Å²) in [5.74, 6) is -0.737. The second-order valence-corrected chi connectivity index (χ2v) is 8.83. The molecule has 0 unspecified atom stereocenters. The molecule has 5 rings (SSSR count). The number of nitrogens with zero attached hydrogens (tertiary/aromatic N) is 3. The van der Waals surface area contributed by atoms with Crippen molar-refractivity contribution in [3.05, 3.63) is 82.3 Å². The number of fused-ring (bicyclic) bond motifs is 2. The number of hydrogen-bond acceptors (Lipinski definition) is 6. The molecule has 1 aliphatic rings. The first-order valence-corrected chi connectivity index (χ1v) is 11.6. The van der Waals surface area contributed by atoms with Gasteiger partial charge >= 0.3 is 0 Å². The fraction of sp³-hybridized carbons (Fsp3) is 0.185. The van der Waals surface area contributed by atoms with Crippen molar-refractivity contribution in [2.75, 3.05) is 17.7 Å². The van der Waals surface area contributed by atoms with Crippen LogP contribution in [-0.2, 0) is 13.0 Å². The number of amides is 2. The van der Waals surface area contributed by atoms with Crippen LogP contribution in [0, 0.1) is 19.7 Å². The third kappa shape index (κ3) is 4.37. The molecule has 0 saturated carbocycles. The lowest BCUT2D eigenvalue weighted by atomic mass is 9.99. The largest absolute Gasteiger partial charge is 0.497 e. The Balaban J connectivity index is 1.52. The van der Waals surface area contributed by atoms with Gasteiger partial charge in [0.1, 0.15) is 34.5 Å². The normalized spacial score (nSPS) is 12.1. The topological polar surface area (TPSA) is 124 Å². The molecule has 2 aromatic carbocycles. The molecular weight excluding hydrogens is 475 g/mol. The van der Waals surface area contributed by atoms with Crippen molar-refractivity contribution >= 4 is 29.1 Å². The standard InChI is InChI=1S/C27H25FN6O3/c1-14-4-7-20-16(12-14)9-11-34-26(31-20)22(25(29)35)24(33-34)19-6-5-18(15(2)23(19)28)27(36)32-21-13-17(37-3)8-10-30-21/h4-8,10,12-13,31H,9,11H2,1-3H3,(H2,29,35)(H,30,32,36). The van der Waals surface area contributed by atoms with Crippen LogP contribution in [0.25, 0.3) is 11.3 Å². The van der Waals surface area contributed by atoms with E-state index >= 15 is 4.39 Å². The lowest BCUT2D eigenvalue weighted by Gasteiger charge is -2.12. The number of methoxy groups -OCH3 is 1. The van der Waals surface area contributed by atoms with Gasteiger partial charge in [0.05, 0.1) is 7.11 Å². The van der Waals surface area contributed by atoms with Gasteiger partial charge in [0, 0.05) is 35.6 Å². The highest BCUT2D eigenvalue weighted by Gasteiger charge is 2.28. The Morgan fingerprint density at radius 3 is 2.73 bits per heavy atom. The number of anilines is 3. The van der Waals surface area contributed by atoms with Gasteiger partial charge in [-0.25, -0.2) is 14.1 Å². The highest BCUT2D eigenvalue weighted by molar-refractivity contribution is 6.07. The molecule has 0 aliphatic carbocycles. The monoisotopic (exact) mass is 500 g/mol. The quantitative estimate of drug-likeness (QED) is 0.374. The number of aryl methyl sites for hydroxylation is 3. The Kier molecular flexibility index (Phi) is 6.08. The molecule has 0 bridgehead atoms. The average Bonchev–Trinajstić information content (AvgIpc) is 3.14. The molecule has 188 valence electrons. The van der Waals surface area contributed by atoms with E-state index in [0.717, 1.165) is 16.8 Å². The summed E-state index contributed by atoms with van der Waals surface area (Å²) in [7, 11) is 1.50. The number of ether oxygens (including phenoxy) is 1. The molecule has 1 aliphatic heterocycles. The SMILES string of the molecule is COc1ccnc(NC(=O)c2ccc(-c3nn4c(c3C(N)=O)Nc3ccc(C)cc3CC4)c(F)c2C)c1. The van der Waals surface area contributed by atoms with E-state index in [-0.39, 0.29) is 33.8 Å². The summed E-state index contributed by atoms with van der Waals surface area (Å²) in [6.07, 6.45) is 2.17. The highest BCUT2D eigenvalue weighted by Crippen LogP contribution is 2.36. The maximum absolute atomic E-state index is 15.7. The molecule has 2 amide bonds. The van der Waals surface area contributed by atoms with Crippen LogP contribution in [0.3, 0.4) is 0 Å². The molecule has 0 saturated heterocycles. The number of aromatic nitrogens is 3. The molecule has 37 heavy (non-hydrogen) atoms. The second kappa shape index (κ2) is 9.38. The van der Waals surface area contributed by atoms with Gasteiger partial charge in [0.15, 0.2) is 0 Å². The number of nitrogens with two attached hydrogens (primary N) is 1. The Morgan fingerprint density at radius 2 is 1.97 bits per heavy atom. The van der Waals surface area contributed by atoms with Crippen LogP contribution >= 0.6 is 0 Å². The van der Waals surface area contributed by atoms with Crippen LogP contribution in [0.1, 0.15) is 37.4 Å². The van der Waals surface area contributed by atoms with Crippen molar-refractivity contribution in [2.45, 2.75) is 26.8 Å². The Bertz CT molecular complexity index is 1560. The number of halogens is 1. The summed E-state index contributed by atoms with van der Waals surface area (Å²) in [4.78, 5) is 29.5. The zero-order chi connectivity index (χ0) is 26.3. The Hall–Kier alpha value is -4.73. The van der Waals surface area contributed by atoms with Gasteiger partial charge in [0.25, 0.3) is 11.8 Å². The molecule has 0 spiro atoms. The van der Waals surface area contributed by atoms with E-state index in [2.05, 4.69) is 26.8 Å². The molecule has 9 nitrogen and oxygen atoms in total. The summed E-state index contributed by atoms with van der Waals surface area (Å²) in [5.41, 5.74) is 9.31. The first kappa shape index (κ1) is 24.0. The average molecular weight is 501 g/mol. The van der Waals surface area contributed by atoms with Crippen LogP contribution in [0.5, 0.6) is 5.75 Å². The minimum atomic E-state index is -0.734. The van der Waals surface area contributed by atoms with E-state index in [0.29, 0.717) is 24.5 Å². The molecule has 0 radical (unpaired) electrons. The van der Waals surface area contributed by atoms with E-state index in [1.807, 2.05) is 19.1 Å². The maximum atomic E-state index is 15.7. The predicted octanol–water partition coefficient (Wildman–Crippen LogP) is 4.36. The summed E-state index contributed by atoms with van der Waals surface area (Å²) in [5, 5.41) is 10.5. The van der Waals surface area contributed by atoms with Crippen LogP contribution in [0.15, 0.2) is 48.7 Å². The van der Waals surface area contributed by atoms with Gasteiger partial charge in [-0.05, 0) is 55.7 Å². The van der Waals surface area contributed by atoms with E-state index in [1.54, 1.807) is 16.8 Å². The number of primary amides is 1. The fourth-order valence-corrected chi connectivity index (χ4v) is 4.48. The zero-order valence-electron chi connectivity index (χ0n) is 20.6. The van der Waals surface area contributed by atoms with Gasteiger partial charge in [-0.15, -0.1) is 0 Å².